The predicted molar refractivity (Wildman–Crippen MR) is 127 cm³/mol. The molecule has 0 saturated carbocycles. The minimum atomic E-state index is -0.560. The van der Waals surface area contributed by atoms with Gasteiger partial charge in [0, 0.05) is 17.1 Å². The molecule has 0 radical (unpaired) electrons. The van der Waals surface area contributed by atoms with Crippen LogP contribution in [0.5, 0.6) is 0 Å². The average Bonchev–Trinajstić information content (AvgIpc) is 3.01. The number of aromatic nitrogens is 1. The van der Waals surface area contributed by atoms with Crippen LogP contribution in [-0.2, 0) is 9.59 Å². The van der Waals surface area contributed by atoms with E-state index in [0.29, 0.717) is 5.69 Å². The van der Waals surface area contributed by atoms with Crippen LogP contribution in [0.1, 0.15) is 28.1 Å². The topological polar surface area (TPSA) is 54.3 Å². The molecule has 2 amide bonds. The normalized spacial score (nSPS) is 15.5. The number of thiocarbonyl (C=S) groups is 1. The first-order valence-corrected chi connectivity index (χ1v) is 10.5. The van der Waals surface area contributed by atoms with Crippen molar-refractivity contribution in [1.82, 2.24) is 9.88 Å². The lowest BCUT2D eigenvalue weighted by atomic mass is 10.1. The number of carbonyl (C=O) groups is 2. The van der Waals surface area contributed by atoms with Gasteiger partial charge in [0.25, 0.3) is 11.8 Å². The number of hydrogen-bond donors (Lipinski definition) is 1. The number of carbonyl (C=O) groups excluding carboxylic acids is 2. The number of nitrogens with zero attached hydrogens (tertiary/aromatic N) is 2. The number of nitrogens with one attached hydrogen (secondary N) is 1. The van der Waals surface area contributed by atoms with E-state index in [1.165, 1.54) is 34.7 Å². The highest BCUT2D eigenvalue weighted by molar-refractivity contribution is 7.80. The second kappa shape index (κ2) is 8.16. The van der Waals surface area contributed by atoms with Gasteiger partial charge in [-0.1, -0.05) is 12.1 Å². The molecular formula is C25H22FN3O2S. The van der Waals surface area contributed by atoms with Gasteiger partial charge in [0.2, 0.25) is 0 Å². The van der Waals surface area contributed by atoms with Crippen LogP contribution in [0.25, 0.3) is 11.8 Å². The standard InChI is InChI=1S/C25H22FN3O2S/c1-14-6-5-7-22(16(14)3)28-15(2)12-18(17(28)4)13-21-23(30)27-25(32)29(24(21)31)20-10-8-19(26)9-11-20/h5-13H,1-4H3,(H,27,30,32)/b21-13+. The molecule has 1 N–H and O–H groups in total. The minimum Gasteiger partial charge on any atom is -0.318 e. The highest BCUT2D eigenvalue weighted by Crippen LogP contribution is 2.28. The summed E-state index contributed by atoms with van der Waals surface area (Å²) >= 11 is 5.20. The molecule has 0 aliphatic carbocycles. The maximum atomic E-state index is 13.3. The fraction of sp³-hybridized carbons (Fsp3) is 0.160. The van der Waals surface area contributed by atoms with Crippen LogP contribution < -0.4 is 10.2 Å². The average molecular weight is 448 g/mol. The molecule has 0 atom stereocenters. The Kier molecular flexibility index (Phi) is 5.52. The third kappa shape index (κ3) is 3.65. The molecule has 5 nitrogen and oxygen atoms in total. The summed E-state index contributed by atoms with van der Waals surface area (Å²) in [5, 5.41) is 2.52. The molecule has 2 aromatic carbocycles. The molecule has 0 unspecified atom stereocenters. The monoisotopic (exact) mass is 447 g/mol. The van der Waals surface area contributed by atoms with Gasteiger partial charge in [-0.2, -0.15) is 0 Å². The van der Waals surface area contributed by atoms with Crippen molar-refractivity contribution in [3.8, 4) is 5.69 Å². The van der Waals surface area contributed by atoms with Crippen molar-refractivity contribution in [2.75, 3.05) is 4.90 Å². The molecule has 162 valence electrons. The molecule has 1 aliphatic rings. The highest BCUT2D eigenvalue weighted by atomic mass is 32.1. The summed E-state index contributed by atoms with van der Waals surface area (Å²) in [6.07, 6.45) is 1.58. The molecule has 32 heavy (non-hydrogen) atoms. The van der Waals surface area contributed by atoms with E-state index in [1.54, 1.807) is 6.08 Å². The van der Waals surface area contributed by atoms with E-state index in [9.17, 15) is 14.0 Å². The third-order valence-electron chi connectivity index (χ3n) is 5.77. The van der Waals surface area contributed by atoms with Gasteiger partial charge in [0.1, 0.15) is 11.4 Å². The van der Waals surface area contributed by atoms with Gasteiger partial charge < -0.3 is 4.57 Å². The van der Waals surface area contributed by atoms with E-state index >= 15 is 0 Å². The van der Waals surface area contributed by atoms with Gasteiger partial charge >= 0.3 is 0 Å². The Morgan fingerprint density at radius 1 is 1.00 bits per heavy atom. The third-order valence-corrected chi connectivity index (χ3v) is 6.06. The number of halogens is 1. The molecule has 0 bridgehead atoms. The number of anilines is 1. The minimum absolute atomic E-state index is 0.0374. The summed E-state index contributed by atoms with van der Waals surface area (Å²) in [4.78, 5) is 27.1. The molecule has 1 saturated heterocycles. The summed E-state index contributed by atoms with van der Waals surface area (Å²) in [6.45, 7) is 8.07. The zero-order valence-corrected chi connectivity index (χ0v) is 19.0. The number of aryl methyl sites for hydroxylation is 2. The van der Waals surface area contributed by atoms with Crippen LogP contribution in [0.3, 0.4) is 0 Å². The van der Waals surface area contributed by atoms with Gasteiger partial charge in [-0.3, -0.25) is 19.8 Å². The maximum absolute atomic E-state index is 13.3. The Morgan fingerprint density at radius 3 is 2.38 bits per heavy atom. The molecule has 1 aromatic heterocycles. The molecule has 1 aliphatic heterocycles. The highest BCUT2D eigenvalue weighted by Gasteiger charge is 2.34. The summed E-state index contributed by atoms with van der Waals surface area (Å²) in [5.74, 6) is -1.54. The first-order chi connectivity index (χ1) is 15.2. The van der Waals surface area contributed by atoms with Crippen LogP contribution in [0.2, 0.25) is 0 Å². The smallest absolute Gasteiger partial charge is 0.270 e. The lowest BCUT2D eigenvalue weighted by molar-refractivity contribution is -0.122. The Morgan fingerprint density at radius 2 is 1.69 bits per heavy atom. The van der Waals surface area contributed by atoms with E-state index < -0.39 is 17.6 Å². The van der Waals surface area contributed by atoms with Crippen molar-refractivity contribution in [2.24, 2.45) is 0 Å². The van der Waals surface area contributed by atoms with Crippen LogP contribution >= 0.6 is 12.2 Å². The fourth-order valence-electron chi connectivity index (χ4n) is 3.92. The largest absolute Gasteiger partial charge is 0.318 e. The number of rotatable bonds is 3. The van der Waals surface area contributed by atoms with Crippen molar-refractivity contribution in [2.45, 2.75) is 27.7 Å². The SMILES string of the molecule is Cc1cccc(-n2c(C)cc(/C=C3\C(=O)NC(=S)N(c4ccc(F)cc4)C3=O)c2C)c1C. The first-order valence-electron chi connectivity index (χ1n) is 10.1. The molecule has 3 aromatic rings. The molecule has 1 fully saturated rings. The van der Waals surface area contributed by atoms with E-state index in [0.717, 1.165) is 28.2 Å². The van der Waals surface area contributed by atoms with E-state index in [1.807, 2.05) is 32.0 Å². The van der Waals surface area contributed by atoms with Crippen LogP contribution in [0.4, 0.5) is 10.1 Å². The molecule has 7 heteroatoms. The van der Waals surface area contributed by atoms with Gasteiger partial charge in [0.15, 0.2) is 5.11 Å². The zero-order valence-electron chi connectivity index (χ0n) is 18.2. The van der Waals surface area contributed by atoms with E-state index in [-0.39, 0.29) is 10.7 Å². The Hall–Kier alpha value is -3.58. The van der Waals surface area contributed by atoms with Gasteiger partial charge in [-0.15, -0.1) is 0 Å². The molecule has 4 rings (SSSR count). The first kappa shape index (κ1) is 21.6. The van der Waals surface area contributed by atoms with Crippen LogP contribution in [0.15, 0.2) is 54.1 Å². The van der Waals surface area contributed by atoms with Gasteiger partial charge in [-0.05, 0) is 99.1 Å². The van der Waals surface area contributed by atoms with Crippen molar-refractivity contribution < 1.29 is 14.0 Å². The Bertz CT molecular complexity index is 1310. The van der Waals surface area contributed by atoms with Gasteiger partial charge in [-0.25, -0.2) is 4.39 Å². The predicted octanol–water partition coefficient (Wildman–Crippen LogP) is 4.68. The van der Waals surface area contributed by atoms with Crippen molar-refractivity contribution in [1.29, 1.82) is 0 Å². The van der Waals surface area contributed by atoms with Crippen molar-refractivity contribution in [3.63, 3.8) is 0 Å². The van der Waals surface area contributed by atoms with Crippen LogP contribution in [-0.4, -0.2) is 21.5 Å². The van der Waals surface area contributed by atoms with Crippen molar-refractivity contribution in [3.05, 3.63) is 88.0 Å². The second-order valence-corrected chi connectivity index (χ2v) is 8.20. The molecule has 2 heterocycles. The summed E-state index contributed by atoms with van der Waals surface area (Å²) in [5.41, 5.74) is 6.39. The Labute approximate surface area is 191 Å². The summed E-state index contributed by atoms with van der Waals surface area (Å²) < 4.78 is 15.4. The molecular weight excluding hydrogens is 425 g/mol. The summed E-state index contributed by atoms with van der Waals surface area (Å²) in [6, 6.07) is 13.4. The van der Waals surface area contributed by atoms with Crippen molar-refractivity contribution >= 4 is 40.9 Å². The van der Waals surface area contributed by atoms with E-state index in [2.05, 4.69) is 29.8 Å². The lowest BCUT2D eigenvalue weighted by Gasteiger charge is -2.28. The maximum Gasteiger partial charge on any atom is 0.270 e. The Balaban J connectivity index is 1.78. The number of hydrogen-bond acceptors (Lipinski definition) is 3. The van der Waals surface area contributed by atoms with Gasteiger partial charge in [0.05, 0.1) is 5.69 Å². The summed E-state index contributed by atoms with van der Waals surface area (Å²) in [7, 11) is 0. The van der Waals surface area contributed by atoms with E-state index in [4.69, 9.17) is 12.2 Å². The quantitative estimate of drug-likeness (QED) is 0.360. The number of amides is 2. The molecule has 0 spiro atoms. The number of benzene rings is 2. The fourth-order valence-corrected chi connectivity index (χ4v) is 4.20. The second-order valence-electron chi connectivity index (χ2n) is 7.82. The van der Waals surface area contributed by atoms with Crippen LogP contribution in [0, 0.1) is 33.5 Å². The zero-order chi connectivity index (χ0) is 23.2. The lowest BCUT2D eigenvalue weighted by Crippen LogP contribution is -2.54.